The molecular weight excluding hydrogens is 318 g/mol. The highest BCUT2D eigenvalue weighted by Crippen LogP contribution is 2.16. The van der Waals surface area contributed by atoms with Gasteiger partial charge in [0.1, 0.15) is 5.82 Å². The molecule has 1 aromatic heterocycles. The van der Waals surface area contributed by atoms with Crippen LogP contribution in [0.1, 0.15) is 25.7 Å². The largest absolute Gasteiger partial charge is 0.369 e. The molecule has 9 heteroatoms. The Morgan fingerprint density at radius 3 is 2.65 bits per heavy atom. The van der Waals surface area contributed by atoms with E-state index in [1.165, 1.54) is 4.31 Å². The highest BCUT2D eigenvalue weighted by atomic mass is 32.2. The van der Waals surface area contributed by atoms with Crippen molar-refractivity contribution in [2.75, 3.05) is 32.4 Å². The third-order valence-electron chi connectivity index (χ3n) is 4.11. The Morgan fingerprint density at radius 1 is 1.39 bits per heavy atom. The summed E-state index contributed by atoms with van der Waals surface area (Å²) in [6, 6.07) is 0.291. The van der Waals surface area contributed by atoms with Gasteiger partial charge in [0.05, 0.1) is 18.7 Å². The van der Waals surface area contributed by atoms with Crippen molar-refractivity contribution in [3.05, 3.63) is 18.2 Å². The predicted octanol–water partition coefficient (Wildman–Crippen LogP) is -0.357. The number of hydrogen-bond donors (Lipinski definition) is 1. The lowest BCUT2D eigenvalue weighted by Gasteiger charge is -2.23. The molecule has 0 saturated carbocycles. The number of nitrogens with zero attached hydrogens (tertiary/aromatic N) is 4. The molecule has 0 spiro atoms. The molecule has 1 amide bonds. The van der Waals surface area contributed by atoms with Crippen LogP contribution in [0.2, 0.25) is 0 Å². The molecule has 23 heavy (non-hydrogen) atoms. The van der Waals surface area contributed by atoms with E-state index in [4.69, 9.17) is 5.73 Å². The number of carbonyl (C=O) groups is 1. The highest BCUT2D eigenvalue weighted by Gasteiger charge is 2.31. The summed E-state index contributed by atoms with van der Waals surface area (Å²) in [5.74, 6) is -0.0940. The molecular formula is C14H25N5O3S. The summed E-state index contributed by atoms with van der Waals surface area (Å²) in [5.41, 5.74) is 5.45. The summed E-state index contributed by atoms with van der Waals surface area (Å²) in [4.78, 5) is 18.1. The standard InChI is InChI=1S/C14H25N5O3S/c1-11(2)19-5-4-16-13(19)10-17-6-7-18(23(3,21)22)9-12(8-17)14(15)20/h4-5,11-12H,6-10H2,1-3H3,(H2,15,20)/t12-/m1/s1. The van der Waals surface area contributed by atoms with E-state index in [0.29, 0.717) is 32.2 Å². The maximum Gasteiger partial charge on any atom is 0.223 e. The van der Waals surface area contributed by atoms with Gasteiger partial charge in [0.25, 0.3) is 0 Å². The molecule has 1 atom stereocenters. The van der Waals surface area contributed by atoms with Crippen LogP contribution in [-0.2, 0) is 21.4 Å². The molecule has 2 N–H and O–H groups in total. The molecule has 0 aliphatic carbocycles. The van der Waals surface area contributed by atoms with Crippen molar-refractivity contribution in [1.29, 1.82) is 0 Å². The number of rotatable bonds is 5. The van der Waals surface area contributed by atoms with Gasteiger partial charge in [-0.25, -0.2) is 17.7 Å². The molecule has 0 unspecified atom stereocenters. The topological polar surface area (TPSA) is 102 Å². The van der Waals surface area contributed by atoms with Crippen LogP contribution in [0.3, 0.4) is 0 Å². The van der Waals surface area contributed by atoms with Gasteiger partial charge in [-0.05, 0) is 13.8 Å². The number of nitrogens with two attached hydrogens (primary N) is 1. The van der Waals surface area contributed by atoms with Gasteiger partial charge in [0, 0.05) is 44.6 Å². The van der Waals surface area contributed by atoms with Crippen molar-refractivity contribution >= 4 is 15.9 Å². The van der Waals surface area contributed by atoms with E-state index >= 15 is 0 Å². The maximum atomic E-state index is 11.8. The van der Waals surface area contributed by atoms with Gasteiger partial charge in [0.15, 0.2) is 0 Å². The fourth-order valence-electron chi connectivity index (χ4n) is 2.81. The van der Waals surface area contributed by atoms with Gasteiger partial charge in [-0.2, -0.15) is 0 Å². The van der Waals surface area contributed by atoms with Crippen LogP contribution in [0, 0.1) is 5.92 Å². The SMILES string of the molecule is CC(C)n1ccnc1CN1CCN(S(C)(=O)=O)C[C@H](C(N)=O)C1. The number of hydrogen-bond acceptors (Lipinski definition) is 5. The molecule has 8 nitrogen and oxygen atoms in total. The molecule has 1 aromatic rings. The van der Waals surface area contributed by atoms with Gasteiger partial charge in [-0.3, -0.25) is 9.69 Å². The molecule has 2 rings (SSSR count). The first-order chi connectivity index (χ1) is 10.7. The van der Waals surface area contributed by atoms with Gasteiger partial charge in [-0.15, -0.1) is 0 Å². The first-order valence-corrected chi connectivity index (χ1v) is 9.51. The lowest BCUT2D eigenvalue weighted by Crippen LogP contribution is -2.40. The smallest absolute Gasteiger partial charge is 0.223 e. The molecule has 1 aliphatic rings. The number of aromatic nitrogens is 2. The summed E-state index contributed by atoms with van der Waals surface area (Å²) in [5, 5.41) is 0. The molecule has 0 aromatic carbocycles. The average molecular weight is 343 g/mol. The van der Waals surface area contributed by atoms with Crippen molar-refractivity contribution in [2.45, 2.75) is 26.4 Å². The molecule has 0 bridgehead atoms. The van der Waals surface area contributed by atoms with Crippen LogP contribution in [0.15, 0.2) is 12.4 Å². The van der Waals surface area contributed by atoms with Crippen molar-refractivity contribution in [3.8, 4) is 0 Å². The number of sulfonamides is 1. The number of amides is 1. The van der Waals surface area contributed by atoms with Crippen LogP contribution < -0.4 is 5.73 Å². The highest BCUT2D eigenvalue weighted by molar-refractivity contribution is 7.88. The average Bonchev–Trinajstić information content (AvgIpc) is 2.76. The fraction of sp³-hybridized carbons (Fsp3) is 0.714. The van der Waals surface area contributed by atoms with E-state index in [0.717, 1.165) is 12.1 Å². The zero-order chi connectivity index (χ0) is 17.2. The summed E-state index contributed by atoms with van der Waals surface area (Å²) in [6.45, 7) is 6.19. The Morgan fingerprint density at radius 2 is 2.09 bits per heavy atom. The summed E-state index contributed by atoms with van der Waals surface area (Å²) in [7, 11) is -3.34. The second kappa shape index (κ2) is 6.98. The van der Waals surface area contributed by atoms with E-state index < -0.39 is 21.8 Å². The summed E-state index contributed by atoms with van der Waals surface area (Å²) >= 11 is 0. The Bertz CT molecular complexity index is 655. The maximum absolute atomic E-state index is 11.8. The van der Waals surface area contributed by atoms with Crippen LogP contribution in [-0.4, -0.2) is 65.5 Å². The van der Waals surface area contributed by atoms with Crippen LogP contribution in [0.25, 0.3) is 0 Å². The first kappa shape index (κ1) is 17.9. The molecule has 1 aliphatic heterocycles. The molecule has 1 fully saturated rings. The van der Waals surface area contributed by atoms with Gasteiger partial charge >= 0.3 is 0 Å². The zero-order valence-corrected chi connectivity index (χ0v) is 14.7. The third-order valence-corrected chi connectivity index (χ3v) is 5.38. The normalized spacial score (nSPS) is 21.5. The van der Waals surface area contributed by atoms with E-state index in [1.54, 1.807) is 6.20 Å². The van der Waals surface area contributed by atoms with Crippen molar-refractivity contribution in [2.24, 2.45) is 11.7 Å². The first-order valence-electron chi connectivity index (χ1n) is 7.67. The Kier molecular flexibility index (Phi) is 5.43. The van der Waals surface area contributed by atoms with E-state index in [-0.39, 0.29) is 6.54 Å². The van der Waals surface area contributed by atoms with E-state index in [1.807, 2.05) is 11.1 Å². The monoisotopic (exact) mass is 343 g/mol. The van der Waals surface area contributed by atoms with Crippen molar-refractivity contribution in [1.82, 2.24) is 18.8 Å². The Balaban J connectivity index is 2.16. The summed E-state index contributed by atoms with van der Waals surface area (Å²) < 4.78 is 27.0. The zero-order valence-electron chi connectivity index (χ0n) is 13.8. The quantitative estimate of drug-likeness (QED) is 0.787. The van der Waals surface area contributed by atoms with Crippen molar-refractivity contribution < 1.29 is 13.2 Å². The fourth-order valence-corrected chi connectivity index (χ4v) is 3.68. The number of imidazole rings is 1. The number of primary amides is 1. The second-order valence-electron chi connectivity index (χ2n) is 6.30. The minimum absolute atomic E-state index is 0.142. The second-order valence-corrected chi connectivity index (χ2v) is 8.28. The summed E-state index contributed by atoms with van der Waals surface area (Å²) in [6.07, 6.45) is 4.83. The molecule has 0 radical (unpaired) electrons. The van der Waals surface area contributed by atoms with Crippen LogP contribution in [0.5, 0.6) is 0 Å². The minimum atomic E-state index is -3.34. The third kappa shape index (κ3) is 4.52. The Labute approximate surface area is 137 Å². The molecule has 1 saturated heterocycles. The van der Waals surface area contributed by atoms with E-state index in [2.05, 4.69) is 23.4 Å². The molecule has 2 heterocycles. The lowest BCUT2D eigenvalue weighted by atomic mass is 10.1. The van der Waals surface area contributed by atoms with Crippen LogP contribution in [0.4, 0.5) is 0 Å². The Hall–Kier alpha value is -1.45. The molecule has 130 valence electrons. The minimum Gasteiger partial charge on any atom is -0.369 e. The van der Waals surface area contributed by atoms with E-state index in [9.17, 15) is 13.2 Å². The van der Waals surface area contributed by atoms with Crippen molar-refractivity contribution in [3.63, 3.8) is 0 Å². The number of carbonyl (C=O) groups excluding carboxylic acids is 1. The predicted molar refractivity (Wildman–Crippen MR) is 87.0 cm³/mol. The lowest BCUT2D eigenvalue weighted by molar-refractivity contribution is -0.122. The van der Waals surface area contributed by atoms with Gasteiger partial charge < -0.3 is 10.3 Å². The van der Waals surface area contributed by atoms with Gasteiger partial charge in [-0.1, -0.05) is 0 Å². The van der Waals surface area contributed by atoms with Crippen LogP contribution >= 0.6 is 0 Å². The van der Waals surface area contributed by atoms with Gasteiger partial charge in [0.2, 0.25) is 15.9 Å².